The second kappa shape index (κ2) is 10.7. The van der Waals surface area contributed by atoms with Crippen LogP contribution in [-0.4, -0.2) is 71.2 Å². The van der Waals surface area contributed by atoms with Gasteiger partial charge in [-0.25, -0.2) is 8.42 Å². The van der Waals surface area contributed by atoms with Crippen LogP contribution in [0.4, 0.5) is 13.2 Å². The first kappa shape index (κ1) is 26.1. The number of carbonyl (C=O) groups is 1. The molecule has 1 aromatic heterocycles. The molecule has 2 aromatic rings. The number of allylic oxidation sites excluding steroid dienone is 2. The van der Waals surface area contributed by atoms with Crippen LogP contribution < -0.4 is 5.73 Å². The number of halogens is 3. The molecule has 0 saturated heterocycles. The molecule has 0 fully saturated rings. The minimum absolute atomic E-state index is 0.0496. The number of hydrogen-bond acceptors (Lipinski definition) is 8. The number of alkyl halides is 3. The monoisotopic (exact) mass is 487 g/mol. The minimum atomic E-state index is -4.81. The maximum Gasteiger partial charge on any atom is 0.430 e. The van der Waals surface area contributed by atoms with Crippen LogP contribution in [-0.2, 0) is 19.4 Å². The summed E-state index contributed by atoms with van der Waals surface area (Å²) in [6, 6.07) is 8.66. The predicted molar refractivity (Wildman–Crippen MR) is 116 cm³/mol. The van der Waals surface area contributed by atoms with E-state index in [9.17, 15) is 26.4 Å². The molecule has 0 aliphatic rings. The lowest BCUT2D eigenvalue weighted by molar-refractivity contribution is -0.142. The van der Waals surface area contributed by atoms with Crippen molar-refractivity contribution >= 4 is 21.5 Å². The van der Waals surface area contributed by atoms with E-state index >= 15 is 0 Å². The molecule has 0 aliphatic carbocycles. The fourth-order valence-corrected chi connectivity index (χ4v) is 3.14. The van der Waals surface area contributed by atoms with Crippen LogP contribution in [0.2, 0.25) is 0 Å². The van der Waals surface area contributed by atoms with Crippen molar-refractivity contribution in [3.8, 4) is 11.3 Å². The van der Waals surface area contributed by atoms with E-state index in [2.05, 4.69) is 4.99 Å². The predicted octanol–water partition coefficient (Wildman–Crippen LogP) is 2.65. The zero-order valence-corrected chi connectivity index (χ0v) is 19.0. The summed E-state index contributed by atoms with van der Waals surface area (Å²) in [5.74, 6) is -0.639. The first-order valence-corrected chi connectivity index (χ1v) is 11.5. The fraction of sp³-hybridized carbons (Fsp3) is 0.333. The van der Waals surface area contributed by atoms with Crippen molar-refractivity contribution in [1.82, 2.24) is 4.90 Å². The lowest BCUT2D eigenvalue weighted by Crippen LogP contribution is -2.22. The van der Waals surface area contributed by atoms with E-state index in [1.807, 2.05) is 0 Å². The molecule has 2 N–H and O–H groups in total. The number of benzene rings is 1. The first-order chi connectivity index (χ1) is 15.3. The molecule has 1 heterocycles. The number of nitrogens with zero attached hydrogens (tertiary/aromatic N) is 2. The molecule has 33 heavy (non-hydrogen) atoms. The summed E-state index contributed by atoms with van der Waals surface area (Å²) >= 11 is 0. The van der Waals surface area contributed by atoms with Crippen LogP contribution in [0.5, 0.6) is 0 Å². The molecule has 0 saturated carbocycles. The smallest absolute Gasteiger partial charge is 0.430 e. The van der Waals surface area contributed by atoms with Crippen molar-refractivity contribution in [3.05, 3.63) is 53.9 Å². The number of aliphatic imine (C=N–C) groups is 1. The summed E-state index contributed by atoms with van der Waals surface area (Å²) in [5.41, 5.74) is 3.76. The van der Waals surface area contributed by atoms with Crippen LogP contribution in [0.15, 0.2) is 62.5 Å². The van der Waals surface area contributed by atoms with E-state index in [1.54, 1.807) is 25.1 Å². The van der Waals surface area contributed by atoms with Gasteiger partial charge in [0.1, 0.15) is 30.3 Å². The Hall–Kier alpha value is -3.12. The lowest BCUT2D eigenvalue weighted by Gasteiger charge is -2.09. The molecular weight excluding hydrogens is 463 g/mol. The number of rotatable bonds is 9. The number of hydrogen-bond donors (Lipinski definition) is 1. The van der Waals surface area contributed by atoms with Gasteiger partial charge in [-0.1, -0.05) is 12.1 Å². The van der Waals surface area contributed by atoms with E-state index in [0.29, 0.717) is 18.2 Å². The third kappa shape index (κ3) is 8.06. The number of likely N-dealkylation sites (N-methyl/N-ethyl adjacent to an activating group) is 1. The summed E-state index contributed by atoms with van der Waals surface area (Å²) in [4.78, 5) is 17.6. The Morgan fingerprint density at radius 2 is 1.94 bits per heavy atom. The van der Waals surface area contributed by atoms with E-state index in [1.165, 1.54) is 30.3 Å². The average molecular weight is 488 g/mol. The number of esters is 1. The van der Waals surface area contributed by atoms with Crippen molar-refractivity contribution in [2.45, 2.75) is 11.1 Å². The molecule has 0 aliphatic heterocycles. The molecule has 0 spiro atoms. The molecule has 8 nitrogen and oxygen atoms in total. The van der Waals surface area contributed by atoms with Gasteiger partial charge < -0.3 is 19.8 Å². The highest BCUT2D eigenvalue weighted by Gasteiger charge is 2.32. The summed E-state index contributed by atoms with van der Waals surface area (Å²) < 4.78 is 73.0. The third-order valence-electron chi connectivity index (χ3n) is 4.20. The summed E-state index contributed by atoms with van der Waals surface area (Å²) in [6.45, 7) is 0.0140. The highest BCUT2D eigenvalue weighted by molar-refractivity contribution is 7.90. The zero-order chi connectivity index (χ0) is 24.8. The number of nitrogens with two attached hydrogens (primary N) is 1. The van der Waals surface area contributed by atoms with Gasteiger partial charge in [0.2, 0.25) is 0 Å². The Morgan fingerprint density at radius 3 is 2.55 bits per heavy atom. The van der Waals surface area contributed by atoms with Crippen molar-refractivity contribution < 1.29 is 35.5 Å². The van der Waals surface area contributed by atoms with Gasteiger partial charge in [0.05, 0.1) is 4.90 Å². The molecule has 0 atom stereocenters. The Kier molecular flexibility index (Phi) is 8.45. The van der Waals surface area contributed by atoms with Crippen LogP contribution >= 0.6 is 0 Å². The van der Waals surface area contributed by atoms with Gasteiger partial charge in [-0.3, -0.25) is 9.79 Å². The Balaban J connectivity index is 2.35. The first-order valence-electron chi connectivity index (χ1n) is 9.57. The van der Waals surface area contributed by atoms with Crippen molar-refractivity contribution in [3.63, 3.8) is 0 Å². The maximum absolute atomic E-state index is 13.0. The number of furan rings is 1. The second-order valence-electron chi connectivity index (χ2n) is 7.29. The van der Waals surface area contributed by atoms with Gasteiger partial charge in [0, 0.05) is 18.4 Å². The van der Waals surface area contributed by atoms with Gasteiger partial charge in [-0.05, 0) is 44.4 Å². The molecule has 0 radical (unpaired) electrons. The minimum Gasteiger partial charge on any atom is -0.463 e. The molecule has 0 bridgehead atoms. The van der Waals surface area contributed by atoms with Crippen molar-refractivity contribution in [2.75, 3.05) is 40.0 Å². The second-order valence-corrected chi connectivity index (χ2v) is 9.30. The summed E-state index contributed by atoms with van der Waals surface area (Å²) in [5, 5.41) is 0. The topological polar surface area (TPSA) is 115 Å². The van der Waals surface area contributed by atoms with Gasteiger partial charge in [0.25, 0.3) is 0 Å². The van der Waals surface area contributed by atoms with E-state index in [4.69, 9.17) is 14.9 Å². The normalized spacial score (nSPS) is 13.4. The highest BCUT2D eigenvalue weighted by Crippen LogP contribution is 2.26. The third-order valence-corrected chi connectivity index (χ3v) is 5.31. The Labute approximate surface area is 189 Å². The molecule has 180 valence electrons. The van der Waals surface area contributed by atoms with Crippen LogP contribution in [0, 0.1) is 0 Å². The van der Waals surface area contributed by atoms with Gasteiger partial charge >= 0.3 is 12.1 Å². The molecular formula is C21H24F3N3O5S. The standard InChI is InChI=1S/C21H24F3N3O5S/c1-27(2)9-10-31-20(28)13-26-16(12-19(25)21(22,23)24)18-8-7-17(32-18)14-5-4-6-15(11-14)33(3,29)30/h4-8,11-12H,9-10,13,25H2,1-3H3. The Morgan fingerprint density at radius 1 is 1.24 bits per heavy atom. The van der Waals surface area contributed by atoms with Crippen LogP contribution in [0.25, 0.3) is 11.3 Å². The number of sulfone groups is 1. The SMILES string of the molecule is CN(C)CCOC(=O)CN=C(C=C(N)C(F)(F)F)c1ccc(-c2cccc(S(C)(=O)=O)c2)o1. The van der Waals surface area contributed by atoms with Gasteiger partial charge in [-0.2, -0.15) is 13.2 Å². The van der Waals surface area contributed by atoms with Crippen LogP contribution in [0.3, 0.4) is 0 Å². The number of ether oxygens (including phenoxy) is 1. The molecule has 12 heteroatoms. The molecule has 0 amide bonds. The summed E-state index contributed by atoms with van der Waals surface area (Å²) in [6.07, 6.45) is -3.21. The molecule has 2 rings (SSSR count). The highest BCUT2D eigenvalue weighted by atomic mass is 32.2. The van der Waals surface area contributed by atoms with Crippen molar-refractivity contribution in [2.24, 2.45) is 10.7 Å². The number of carbonyl (C=O) groups excluding carboxylic acids is 1. The van der Waals surface area contributed by atoms with E-state index in [0.717, 1.165) is 6.26 Å². The quantitative estimate of drug-likeness (QED) is 0.427. The molecule has 0 unspecified atom stereocenters. The maximum atomic E-state index is 13.0. The Bertz CT molecular complexity index is 1150. The van der Waals surface area contributed by atoms with E-state index in [-0.39, 0.29) is 28.7 Å². The zero-order valence-electron chi connectivity index (χ0n) is 18.2. The van der Waals surface area contributed by atoms with Gasteiger partial charge in [0.15, 0.2) is 15.6 Å². The van der Waals surface area contributed by atoms with Crippen molar-refractivity contribution in [1.29, 1.82) is 0 Å². The van der Waals surface area contributed by atoms with E-state index < -0.39 is 34.2 Å². The lowest BCUT2D eigenvalue weighted by atomic mass is 10.2. The van der Waals surface area contributed by atoms with Crippen LogP contribution in [0.1, 0.15) is 5.76 Å². The fourth-order valence-electron chi connectivity index (χ4n) is 2.47. The molecule has 1 aromatic carbocycles. The average Bonchev–Trinajstić information content (AvgIpc) is 3.19. The van der Waals surface area contributed by atoms with Gasteiger partial charge in [-0.15, -0.1) is 0 Å². The largest absolute Gasteiger partial charge is 0.463 e. The summed E-state index contributed by atoms with van der Waals surface area (Å²) in [7, 11) is 0.0959.